The molecule has 6 nitrogen and oxygen atoms in total. The van der Waals surface area contributed by atoms with Crippen LogP contribution >= 0.6 is 0 Å². The van der Waals surface area contributed by atoms with E-state index in [0.717, 1.165) is 55.4 Å². The number of carbonyl (C=O) groups excluding carboxylic acids is 1. The predicted molar refractivity (Wildman–Crippen MR) is 121 cm³/mol. The largest absolute Gasteiger partial charge is 0.379 e. The molecule has 0 saturated carbocycles. The van der Waals surface area contributed by atoms with E-state index in [4.69, 9.17) is 4.74 Å². The zero-order valence-electron chi connectivity index (χ0n) is 17.2. The first-order valence-corrected chi connectivity index (χ1v) is 10.5. The number of carbonyl (C=O) groups is 1. The van der Waals surface area contributed by atoms with Crippen LogP contribution in [0.25, 0.3) is 16.9 Å². The number of nitrogens with zero attached hydrogens (tertiary/aromatic N) is 3. The molecule has 0 atom stereocenters. The molecular formula is C25H24N4O2. The van der Waals surface area contributed by atoms with Gasteiger partial charge in [-0.15, -0.1) is 0 Å². The van der Waals surface area contributed by atoms with Gasteiger partial charge in [0.2, 0.25) is 0 Å². The summed E-state index contributed by atoms with van der Waals surface area (Å²) in [6.45, 7) is 4.41. The minimum absolute atomic E-state index is 0.146. The second kappa shape index (κ2) is 8.71. The highest BCUT2D eigenvalue weighted by Gasteiger charge is 2.12. The van der Waals surface area contributed by atoms with Gasteiger partial charge in [0, 0.05) is 48.8 Å². The van der Waals surface area contributed by atoms with Crippen molar-refractivity contribution in [2.24, 2.45) is 0 Å². The van der Waals surface area contributed by atoms with Crippen LogP contribution in [-0.4, -0.2) is 46.5 Å². The van der Waals surface area contributed by atoms with E-state index in [1.165, 1.54) is 5.56 Å². The molecule has 6 heteroatoms. The van der Waals surface area contributed by atoms with E-state index in [9.17, 15) is 4.79 Å². The molecule has 5 rings (SSSR count). The number of benzene rings is 2. The monoisotopic (exact) mass is 412 g/mol. The number of fused-ring (bicyclic) bond motifs is 1. The molecule has 0 radical (unpaired) electrons. The SMILES string of the molecule is O=C(Nc1ccc(CN2CCOCC2)cc1)c1ccn2cc(-c3ccccc3)nc2c1. The molecule has 156 valence electrons. The summed E-state index contributed by atoms with van der Waals surface area (Å²) >= 11 is 0. The van der Waals surface area contributed by atoms with Gasteiger partial charge in [0.25, 0.3) is 5.91 Å². The summed E-state index contributed by atoms with van der Waals surface area (Å²) in [4.78, 5) is 19.8. The van der Waals surface area contributed by atoms with Gasteiger partial charge in [-0.2, -0.15) is 0 Å². The first-order valence-electron chi connectivity index (χ1n) is 10.5. The van der Waals surface area contributed by atoms with Gasteiger partial charge in [0.15, 0.2) is 0 Å². The van der Waals surface area contributed by atoms with Crippen LogP contribution in [0.4, 0.5) is 5.69 Å². The third-order valence-electron chi connectivity index (χ3n) is 5.51. The summed E-state index contributed by atoms with van der Waals surface area (Å²) < 4.78 is 7.33. The second-order valence-electron chi connectivity index (χ2n) is 7.71. The number of hydrogen-bond acceptors (Lipinski definition) is 4. The number of anilines is 1. The van der Waals surface area contributed by atoms with Gasteiger partial charge in [-0.05, 0) is 29.8 Å². The first-order chi connectivity index (χ1) is 15.2. The van der Waals surface area contributed by atoms with Crippen molar-refractivity contribution < 1.29 is 9.53 Å². The first kappa shape index (κ1) is 19.5. The molecule has 1 fully saturated rings. The molecule has 3 heterocycles. The minimum Gasteiger partial charge on any atom is -0.379 e. The van der Waals surface area contributed by atoms with Crippen LogP contribution in [0.3, 0.4) is 0 Å². The van der Waals surface area contributed by atoms with Gasteiger partial charge in [0.05, 0.1) is 18.9 Å². The highest BCUT2D eigenvalue weighted by Crippen LogP contribution is 2.20. The van der Waals surface area contributed by atoms with E-state index in [1.54, 1.807) is 0 Å². The van der Waals surface area contributed by atoms with Gasteiger partial charge >= 0.3 is 0 Å². The van der Waals surface area contributed by atoms with Crippen LogP contribution in [0.5, 0.6) is 0 Å². The van der Waals surface area contributed by atoms with E-state index in [2.05, 4.69) is 27.3 Å². The van der Waals surface area contributed by atoms with Gasteiger partial charge in [0.1, 0.15) is 5.65 Å². The minimum atomic E-state index is -0.146. The lowest BCUT2D eigenvalue weighted by molar-refractivity contribution is 0.0342. The summed E-state index contributed by atoms with van der Waals surface area (Å²) in [5.41, 5.74) is 5.27. The molecule has 0 unspecified atom stereocenters. The fraction of sp³-hybridized carbons (Fsp3) is 0.200. The van der Waals surface area contributed by atoms with Crippen LogP contribution in [-0.2, 0) is 11.3 Å². The molecule has 0 bridgehead atoms. The lowest BCUT2D eigenvalue weighted by Gasteiger charge is -2.26. The maximum atomic E-state index is 12.8. The molecule has 2 aromatic carbocycles. The third-order valence-corrected chi connectivity index (χ3v) is 5.51. The maximum Gasteiger partial charge on any atom is 0.255 e. The summed E-state index contributed by atoms with van der Waals surface area (Å²) in [7, 11) is 0. The molecule has 1 saturated heterocycles. The van der Waals surface area contributed by atoms with Gasteiger partial charge in [-0.3, -0.25) is 9.69 Å². The third kappa shape index (κ3) is 4.50. The molecule has 0 aliphatic carbocycles. The average molecular weight is 412 g/mol. The molecule has 0 spiro atoms. The summed E-state index contributed by atoms with van der Waals surface area (Å²) in [5.74, 6) is -0.146. The van der Waals surface area contributed by atoms with Crippen molar-refractivity contribution in [3.63, 3.8) is 0 Å². The summed E-state index contributed by atoms with van der Waals surface area (Å²) in [5, 5.41) is 2.98. The van der Waals surface area contributed by atoms with E-state index < -0.39 is 0 Å². The van der Waals surface area contributed by atoms with Crippen LogP contribution < -0.4 is 5.32 Å². The number of imidazole rings is 1. The Balaban J connectivity index is 1.27. The maximum absolute atomic E-state index is 12.8. The van der Waals surface area contributed by atoms with Crippen LogP contribution in [0.15, 0.2) is 79.1 Å². The number of ether oxygens (including phenoxy) is 1. The lowest BCUT2D eigenvalue weighted by atomic mass is 10.1. The summed E-state index contributed by atoms with van der Waals surface area (Å²) in [6.07, 6.45) is 3.84. The Morgan fingerprint density at radius 2 is 1.77 bits per heavy atom. The molecule has 1 aliphatic rings. The quantitative estimate of drug-likeness (QED) is 0.537. The van der Waals surface area contributed by atoms with E-state index in [-0.39, 0.29) is 5.91 Å². The van der Waals surface area contributed by atoms with E-state index in [1.807, 2.05) is 71.4 Å². The zero-order chi connectivity index (χ0) is 21.0. The molecule has 1 N–H and O–H groups in total. The molecule has 1 amide bonds. The standard InChI is InChI=1S/C25H24N4O2/c30-25(26-22-8-6-19(7-9-22)17-28-12-14-31-15-13-28)21-10-11-29-18-23(27-24(29)16-21)20-4-2-1-3-5-20/h1-11,16,18H,12-15,17H2,(H,26,30). The lowest BCUT2D eigenvalue weighted by Crippen LogP contribution is -2.35. The Hall–Kier alpha value is -3.48. The number of amides is 1. The Morgan fingerprint density at radius 1 is 1.00 bits per heavy atom. The van der Waals surface area contributed by atoms with Gasteiger partial charge in [-0.25, -0.2) is 4.98 Å². The molecule has 2 aromatic heterocycles. The van der Waals surface area contributed by atoms with Crippen molar-refractivity contribution >= 4 is 17.2 Å². The Kier molecular flexibility index (Phi) is 5.48. The fourth-order valence-electron chi connectivity index (χ4n) is 3.79. The number of pyridine rings is 1. The smallest absolute Gasteiger partial charge is 0.255 e. The number of rotatable bonds is 5. The highest BCUT2D eigenvalue weighted by molar-refractivity contribution is 6.04. The van der Waals surface area contributed by atoms with Crippen LogP contribution in [0.1, 0.15) is 15.9 Å². The topological polar surface area (TPSA) is 58.9 Å². The number of aromatic nitrogens is 2. The van der Waals surface area contributed by atoms with Crippen molar-refractivity contribution in [1.29, 1.82) is 0 Å². The Bertz CT molecular complexity index is 1180. The number of nitrogens with one attached hydrogen (secondary N) is 1. The van der Waals surface area contributed by atoms with Crippen molar-refractivity contribution in [2.45, 2.75) is 6.54 Å². The predicted octanol–water partition coefficient (Wildman–Crippen LogP) is 4.09. The average Bonchev–Trinajstić information content (AvgIpc) is 3.25. The van der Waals surface area contributed by atoms with Crippen molar-refractivity contribution in [3.8, 4) is 11.3 Å². The number of morpholine rings is 1. The van der Waals surface area contributed by atoms with Crippen LogP contribution in [0, 0.1) is 0 Å². The van der Waals surface area contributed by atoms with Crippen molar-refractivity contribution in [1.82, 2.24) is 14.3 Å². The van der Waals surface area contributed by atoms with Crippen LogP contribution in [0.2, 0.25) is 0 Å². The van der Waals surface area contributed by atoms with Gasteiger partial charge < -0.3 is 14.5 Å². The zero-order valence-corrected chi connectivity index (χ0v) is 17.2. The van der Waals surface area contributed by atoms with E-state index >= 15 is 0 Å². The Labute approximate surface area is 181 Å². The normalized spacial score (nSPS) is 14.6. The summed E-state index contributed by atoms with van der Waals surface area (Å²) in [6, 6.07) is 21.7. The molecule has 1 aliphatic heterocycles. The molecular weight excluding hydrogens is 388 g/mol. The van der Waals surface area contributed by atoms with Gasteiger partial charge in [-0.1, -0.05) is 42.5 Å². The Morgan fingerprint density at radius 3 is 2.55 bits per heavy atom. The molecule has 31 heavy (non-hydrogen) atoms. The van der Waals surface area contributed by atoms with E-state index in [0.29, 0.717) is 5.56 Å². The number of hydrogen-bond donors (Lipinski definition) is 1. The fourth-order valence-corrected chi connectivity index (χ4v) is 3.79. The molecule has 4 aromatic rings. The van der Waals surface area contributed by atoms with Crippen molar-refractivity contribution in [2.75, 3.05) is 31.6 Å². The van der Waals surface area contributed by atoms with Crippen molar-refractivity contribution in [3.05, 3.63) is 90.3 Å². The second-order valence-corrected chi connectivity index (χ2v) is 7.71. The highest BCUT2D eigenvalue weighted by atomic mass is 16.5.